The van der Waals surface area contributed by atoms with Crippen molar-refractivity contribution in [1.29, 1.82) is 0 Å². The molecule has 1 amide bonds. The van der Waals surface area contributed by atoms with E-state index in [0.29, 0.717) is 10.8 Å². The highest BCUT2D eigenvalue weighted by molar-refractivity contribution is 5.90. The van der Waals surface area contributed by atoms with Crippen LogP contribution in [0.2, 0.25) is 0 Å². The molecule has 0 atom stereocenters. The lowest BCUT2D eigenvalue weighted by Gasteiger charge is -2.18. The van der Waals surface area contributed by atoms with Crippen LogP contribution in [0.3, 0.4) is 0 Å². The lowest BCUT2D eigenvalue weighted by atomic mass is 10.0. The zero-order valence-corrected chi connectivity index (χ0v) is 8.96. The third-order valence-electron chi connectivity index (χ3n) is 2.15. The molecule has 0 saturated heterocycles. The number of amides is 1. The maximum Gasteiger partial charge on any atom is 0.247 e. The zero-order chi connectivity index (χ0) is 10.9. The van der Waals surface area contributed by atoms with Gasteiger partial charge in [0.15, 0.2) is 0 Å². The van der Waals surface area contributed by atoms with Crippen LogP contribution in [0.5, 0.6) is 0 Å². The molecule has 0 saturated carbocycles. The average Bonchev–Trinajstić information content (AvgIpc) is 2.01. The summed E-state index contributed by atoms with van der Waals surface area (Å²) in [5.41, 5.74) is 3.52. The molecule has 3 heteroatoms. The Morgan fingerprint density at radius 2 is 1.64 bits per heavy atom. The summed E-state index contributed by atoms with van der Waals surface area (Å²) in [6, 6.07) is 3.88. The van der Waals surface area contributed by atoms with Crippen LogP contribution in [-0.4, -0.2) is 11.1 Å². The van der Waals surface area contributed by atoms with Gasteiger partial charge in [0.25, 0.3) is 0 Å². The number of benzene rings is 1. The van der Waals surface area contributed by atoms with Crippen LogP contribution < -0.4 is 5.06 Å². The third kappa shape index (κ3) is 1.93. The van der Waals surface area contributed by atoms with Gasteiger partial charge in [-0.1, -0.05) is 17.7 Å². The summed E-state index contributed by atoms with van der Waals surface area (Å²) in [5, 5.41) is 10.2. The minimum Gasteiger partial charge on any atom is -0.281 e. The van der Waals surface area contributed by atoms with E-state index in [1.54, 1.807) is 0 Å². The summed E-state index contributed by atoms with van der Waals surface area (Å²) in [4.78, 5) is 11.0. The van der Waals surface area contributed by atoms with Crippen molar-refractivity contribution in [2.24, 2.45) is 0 Å². The summed E-state index contributed by atoms with van der Waals surface area (Å²) < 4.78 is 0. The van der Waals surface area contributed by atoms with Crippen molar-refractivity contribution in [1.82, 2.24) is 0 Å². The number of anilines is 1. The Morgan fingerprint density at radius 1 is 1.21 bits per heavy atom. The molecule has 1 aromatic carbocycles. The molecule has 0 unspecified atom stereocenters. The van der Waals surface area contributed by atoms with Gasteiger partial charge in [0.1, 0.15) is 0 Å². The van der Waals surface area contributed by atoms with Gasteiger partial charge in [-0.05, 0) is 31.9 Å². The fourth-order valence-corrected chi connectivity index (χ4v) is 1.66. The third-order valence-corrected chi connectivity index (χ3v) is 2.15. The second-order valence-electron chi connectivity index (χ2n) is 3.58. The van der Waals surface area contributed by atoms with Crippen LogP contribution in [-0.2, 0) is 4.79 Å². The van der Waals surface area contributed by atoms with Crippen molar-refractivity contribution in [3.63, 3.8) is 0 Å². The number of carbonyl (C=O) groups is 1. The van der Waals surface area contributed by atoms with Crippen LogP contribution in [0.25, 0.3) is 0 Å². The van der Waals surface area contributed by atoms with E-state index in [1.807, 2.05) is 32.9 Å². The molecule has 1 aromatic rings. The molecule has 1 N–H and O–H groups in total. The van der Waals surface area contributed by atoms with Crippen LogP contribution >= 0.6 is 0 Å². The first-order valence-corrected chi connectivity index (χ1v) is 4.51. The van der Waals surface area contributed by atoms with E-state index < -0.39 is 0 Å². The first-order chi connectivity index (χ1) is 6.43. The Kier molecular flexibility index (Phi) is 2.91. The largest absolute Gasteiger partial charge is 0.281 e. The minimum atomic E-state index is -0.375. The summed E-state index contributed by atoms with van der Waals surface area (Å²) in [6.45, 7) is 7.07. The van der Waals surface area contributed by atoms with Gasteiger partial charge >= 0.3 is 0 Å². The number of hydrogen-bond acceptors (Lipinski definition) is 2. The van der Waals surface area contributed by atoms with Gasteiger partial charge in [-0.25, -0.2) is 0 Å². The number of aryl methyl sites for hydroxylation is 3. The molecule has 0 aliphatic rings. The number of rotatable bonds is 1. The van der Waals surface area contributed by atoms with Crippen molar-refractivity contribution < 1.29 is 10.0 Å². The molecule has 76 valence electrons. The molecule has 0 spiro atoms. The van der Waals surface area contributed by atoms with Gasteiger partial charge in [0.05, 0.1) is 5.69 Å². The topological polar surface area (TPSA) is 40.5 Å². The van der Waals surface area contributed by atoms with Crippen molar-refractivity contribution in [3.05, 3.63) is 28.8 Å². The highest BCUT2D eigenvalue weighted by atomic mass is 16.5. The van der Waals surface area contributed by atoms with Crippen molar-refractivity contribution in [2.75, 3.05) is 5.06 Å². The molecule has 0 aromatic heterocycles. The number of nitrogens with zero attached hydrogens (tertiary/aromatic N) is 1. The van der Waals surface area contributed by atoms with Gasteiger partial charge in [0.2, 0.25) is 5.91 Å². The Labute approximate surface area is 83.9 Å². The Hall–Kier alpha value is -1.35. The lowest BCUT2D eigenvalue weighted by Crippen LogP contribution is -2.25. The molecular formula is C11H15NO2. The predicted octanol–water partition coefficient (Wildman–Crippen LogP) is 2.35. The van der Waals surface area contributed by atoms with Gasteiger partial charge in [-0.2, -0.15) is 5.06 Å². The van der Waals surface area contributed by atoms with Gasteiger partial charge in [-0.15, -0.1) is 0 Å². The number of carbonyl (C=O) groups excluding carboxylic acids is 1. The molecule has 3 nitrogen and oxygen atoms in total. The van der Waals surface area contributed by atoms with Gasteiger partial charge in [0, 0.05) is 6.92 Å². The molecule has 0 fully saturated rings. The van der Waals surface area contributed by atoms with Crippen LogP contribution in [0, 0.1) is 20.8 Å². The Balaban J connectivity index is 3.27. The van der Waals surface area contributed by atoms with E-state index in [1.165, 1.54) is 6.92 Å². The summed E-state index contributed by atoms with van der Waals surface area (Å²) in [6.07, 6.45) is 0. The van der Waals surface area contributed by atoms with E-state index in [9.17, 15) is 10.0 Å². The van der Waals surface area contributed by atoms with E-state index in [2.05, 4.69) is 0 Å². The average molecular weight is 193 g/mol. The fourth-order valence-electron chi connectivity index (χ4n) is 1.66. The SMILES string of the molecule is CC(=O)N(O)c1c(C)cc(C)cc1C. The predicted molar refractivity (Wildman–Crippen MR) is 55.6 cm³/mol. The maximum absolute atomic E-state index is 11.0. The summed E-state index contributed by atoms with van der Waals surface area (Å²) in [7, 11) is 0. The monoisotopic (exact) mass is 193 g/mol. The smallest absolute Gasteiger partial charge is 0.247 e. The van der Waals surface area contributed by atoms with E-state index >= 15 is 0 Å². The van der Waals surface area contributed by atoms with Gasteiger partial charge in [-0.3, -0.25) is 10.0 Å². The highest BCUT2D eigenvalue weighted by Crippen LogP contribution is 2.24. The summed E-state index contributed by atoms with van der Waals surface area (Å²) in [5.74, 6) is -0.375. The van der Waals surface area contributed by atoms with Crippen molar-refractivity contribution in [2.45, 2.75) is 27.7 Å². The molecule has 0 heterocycles. The maximum atomic E-state index is 11.0. The first kappa shape index (κ1) is 10.7. The van der Waals surface area contributed by atoms with Crippen molar-refractivity contribution >= 4 is 11.6 Å². The van der Waals surface area contributed by atoms with Crippen LogP contribution in [0.4, 0.5) is 5.69 Å². The molecular weight excluding hydrogens is 178 g/mol. The van der Waals surface area contributed by atoms with Crippen molar-refractivity contribution in [3.8, 4) is 0 Å². The first-order valence-electron chi connectivity index (χ1n) is 4.51. The molecule has 14 heavy (non-hydrogen) atoms. The molecule has 0 aliphatic heterocycles. The fraction of sp³-hybridized carbons (Fsp3) is 0.364. The highest BCUT2D eigenvalue weighted by Gasteiger charge is 2.13. The molecule has 0 radical (unpaired) electrons. The lowest BCUT2D eigenvalue weighted by molar-refractivity contribution is -0.121. The van der Waals surface area contributed by atoms with E-state index in [0.717, 1.165) is 16.7 Å². The minimum absolute atomic E-state index is 0.375. The van der Waals surface area contributed by atoms with Gasteiger partial charge < -0.3 is 0 Å². The molecule has 0 aliphatic carbocycles. The second kappa shape index (κ2) is 3.80. The van der Waals surface area contributed by atoms with Crippen LogP contribution in [0.15, 0.2) is 12.1 Å². The van der Waals surface area contributed by atoms with E-state index in [-0.39, 0.29) is 5.91 Å². The zero-order valence-electron chi connectivity index (χ0n) is 8.96. The quantitative estimate of drug-likeness (QED) is 0.549. The molecule has 0 bridgehead atoms. The number of hydrogen-bond donors (Lipinski definition) is 1. The van der Waals surface area contributed by atoms with Crippen LogP contribution in [0.1, 0.15) is 23.6 Å². The number of hydroxylamine groups is 1. The van der Waals surface area contributed by atoms with E-state index in [4.69, 9.17) is 0 Å². The second-order valence-corrected chi connectivity index (χ2v) is 3.58. The Morgan fingerprint density at radius 3 is 2.00 bits per heavy atom. The standard InChI is InChI=1S/C11H15NO2/c1-7-5-8(2)11(9(3)6-7)12(14)10(4)13/h5-6,14H,1-4H3. The molecule has 1 rings (SSSR count). The summed E-state index contributed by atoms with van der Waals surface area (Å²) >= 11 is 0. The normalized spacial score (nSPS) is 10.1. The Bertz CT molecular complexity index is 349.